The van der Waals surface area contributed by atoms with Gasteiger partial charge in [0.15, 0.2) is 5.78 Å². The average molecular weight is 241 g/mol. The summed E-state index contributed by atoms with van der Waals surface area (Å²) in [5.41, 5.74) is 0.601. The highest BCUT2D eigenvalue weighted by molar-refractivity contribution is 6.31. The fourth-order valence-electron chi connectivity index (χ4n) is 1.29. The van der Waals surface area contributed by atoms with Gasteiger partial charge in [-0.3, -0.25) is 4.79 Å². The van der Waals surface area contributed by atoms with E-state index in [1.165, 1.54) is 0 Å². The molecule has 0 N–H and O–H groups in total. The van der Waals surface area contributed by atoms with Crippen LogP contribution in [0.4, 0.5) is 0 Å². The third kappa shape index (κ3) is 3.95. The van der Waals surface area contributed by atoms with Crippen LogP contribution in [0.2, 0.25) is 5.02 Å². The van der Waals surface area contributed by atoms with E-state index < -0.39 is 6.10 Å². The third-order valence-corrected chi connectivity index (χ3v) is 2.39. The number of carbonyl (C=O) groups excluding carboxylic acids is 1. The van der Waals surface area contributed by atoms with Gasteiger partial charge in [-0.1, -0.05) is 37.6 Å². The van der Waals surface area contributed by atoms with Crippen LogP contribution >= 0.6 is 11.6 Å². The van der Waals surface area contributed by atoms with E-state index in [9.17, 15) is 4.79 Å². The molecule has 0 bridgehead atoms. The number of ether oxygens (including phenoxy) is 1. The lowest BCUT2D eigenvalue weighted by atomic mass is 10.1. The van der Waals surface area contributed by atoms with Gasteiger partial charge in [0.05, 0.1) is 0 Å². The van der Waals surface area contributed by atoms with Crippen LogP contribution in [-0.4, -0.2) is 18.5 Å². The van der Waals surface area contributed by atoms with Crippen LogP contribution in [0.3, 0.4) is 0 Å². The van der Waals surface area contributed by atoms with Gasteiger partial charge < -0.3 is 4.74 Å². The predicted molar refractivity (Wildman–Crippen MR) is 66.0 cm³/mol. The number of halogens is 1. The van der Waals surface area contributed by atoms with E-state index >= 15 is 0 Å². The van der Waals surface area contributed by atoms with Crippen molar-refractivity contribution in [1.29, 1.82) is 0 Å². The Hall–Kier alpha value is -0.860. The van der Waals surface area contributed by atoms with Crippen molar-refractivity contribution in [1.82, 2.24) is 0 Å². The van der Waals surface area contributed by atoms with Gasteiger partial charge >= 0.3 is 0 Å². The minimum atomic E-state index is -0.416. The van der Waals surface area contributed by atoms with Gasteiger partial charge in [-0.2, -0.15) is 0 Å². The molecule has 0 saturated carbocycles. The molecule has 0 aliphatic rings. The number of hydrogen-bond donors (Lipinski definition) is 0. The molecule has 0 saturated heterocycles. The monoisotopic (exact) mass is 240 g/mol. The summed E-state index contributed by atoms with van der Waals surface area (Å²) in [5, 5.41) is 0.571. The molecule has 0 amide bonds. The molecular formula is C13H17ClO2. The zero-order valence-corrected chi connectivity index (χ0v) is 10.6. The van der Waals surface area contributed by atoms with Gasteiger partial charge in [-0.05, 0) is 25.0 Å². The van der Waals surface area contributed by atoms with E-state index in [2.05, 4.69) is 13.8 Å². The number of carbonyl (C=O) groups is 1. The van der Waals surface area contributed by atoms with Crippen LogP contribution in [-0.2, 0) is 4.74 Å². The first-order valence-electron chi connectivity index (χ1n) is 5.42. The highest BCUT2D eigenvalue weighted by atomic mass is 35.5. The Morgan fingerprint density at radius 1 is 1.38 bits per heavy atom. The Balaban J connectivity index is 2.63. The molecule has 0 heterocycles. The van der Waals surface area contributed by atoms with Crippen molar-refractivity contribution in [2.75, 3.05) is 6.61 Å². The van der Waals surface area contributed by atoms with Crippen molar-refractivity contribution in [2.24, 2.45) is 5.92 Å². The minimum absolute atomic E-state index is 0.0249. The second-order valence-corrected chi connectivity index (χ2v) is 4.68. The van der Waals surface area contributed by atoms with Crippen LogP contribution < -0.4 is 0 Å². The summed E-state index contributed by atoms with van der Waals surface area (Å²) < 4.78 is 5.47. The Morgan fingerprint density at radius 3 is 2.62 bits per heavy atom. The van der Waals surface area contributed by atoms with Gasteiger partial charge in [0.1, 0.15) is 6.10 Å². The number of ketones is 1. The maximum atomic E-state index is 11.9. The van der Waals surface area contributed by atoms with Gasteiger partial charge in [0, 0.05) is 17.2 Å². The van der Waals surface area contributed by atoms with Gasteiger partial charge in [-0.25, -0.2) is 0 Å². The zero-order valence-electron chi connectivity index (χ0n) is 9.87. The molecule has 0 fully saturated rings. The van der Waals surface area contributed by atoms with E-state index in [0.717, 1.165) is 0 Å². The summed E-state index contributed by atoms with van der Waals surface area (Å²) in [4.78, 5) is 11.9. The van der Waals surface area contributed by atoms with E-state index in [-0.39, 0.29) is 5.78 Å². The molecule has 1 aromatic rings. The molecule has 1 unspecified atom stereocenters. The van der Waals surface area contributed by atoms with E-state index in [1.807, 2.05) is 0 Å². The Labute approximate surface area is 102 Å². The quantitative estimate of drug-likeness (QED) is 0.736. The van der Waals surface area contributed by atoms with E-state index in [1.54, 1.807) is 31.2 Å². The molecule has 0 aromatic heterocycles. The maximum absolute atomic E-state index is 11.9. The van der Waals surface area contributed by atoms with Gasteiger partial charge in [0.25, 0.3) is 0 Å². The molecule has 88 valence electrons. The highest BCUT2D eigenvalue weighted by Crippen LogP contribution is 2.13. The molecule has 0 aliphatic carbocycles. The van der Waals surface area contributed by atoms with Crippen LogP contribution in [0, 0.1) is 5.92 Å². The van der Waals surface area contributed by atoms with Crippen LogP contribution in [0.15, 0.2) is 24.3 Å². The Bertz CT molecular complexity index is 361. The van der Waals surface area contributed by atoms with Crippen molar-refractivity contribution in [3.05, 3.63) is 34.9 Å². The predicted octanol–water partition coefficient (Wildman–Crippen LogP) is 3.58. The Kier molecular flexibility index (Phi) is 4.97. The van der Waals surface area contributed by atoms with Crippen molar-refractivity contribution < 1.29 is 9.53 Å². The summed E-state index contributed by atoms with van der Waals surface area (Å²) in [7, 11) is 0. The van der Waals surface area contributed by atoms with Crippen molar-refractivity contribution >= 4 is 17.4 Å². The zero-order chi connectivity index (χ0) is 12.1. The lowest BCUT2D eigenvalue weighted by Crippen LogP contribution is -2.22. The smallest absolute Gasteiger partial charge is 0.191 e. The average Bonchev–Trinajstić information content (AvgIpc) is 2.24. The van der Waals surface area contributed by atoms with Crippen LogP contribution in [0.25, 0.3) is 0 Å². The molecule has 0 spiro atoms. The normalized spacial score (nSPS) is 12.8. The molecule has 1 aromatic carbocycles. The largest absolute Gasteiger partial charge is 0.370 e. The standard InChI is InChI=1S/C13H17ClO2/c1-9(2)8-16-10(3)13(15)11-5-4-6-12(14)7-11/h4-7,9-10H,8H2,1-3H3. The topological polar surface area (TPSA) is 26.3 Å². The van der Waals surface area contributed by atoms with Crippen molar-refractivity contribution in [2.45, 2.75) is 26.9 Å². The first-order valence-corrected chi connectivity index (χ1v) is 5.80. The summed E-state index contributed by atoms with van der Waals surface area (Å²) in [6.07, 6.45) is -0.416. The number of hydrogen-bond acceptors (Lipinski definition) is 2. The van der Waals surface area contributed by atoms with Crippen LogP contribution in [0.1, 0.15) is 31.1 Å². The summed E-state index contributed by atoms with van der Waals surface area (Å²) in [5.74, 6) is 0.401. The molecule has 1 atom stereocenters. The van der Waals surface area contributed by atoms with Crippen LogP contribution in [0.5, 0.6) is 0 Å². The van der Waals surface area contributed by atoms with E-state index in [0.29, 0.717) is 23.1 Å². The minimum Gasteiger partial charge on any atom is -0.370 e. The fourth-order valence-corrected chi connectivity index (χ4v) is 1.48. The first kappa shape index (κ1) is 13.2. The fraction of sp³-hybridized carbons (Fsp3) is 0.462. The molecule has 0 radical (unpaired) electrons. The molecule has 16 heavy (non-hydrogen) atoms. The summed E-state index contributed by atoms with van der Waals surface area (Å²) >= 11 is 5.83. The lowest BCUT2D eigenvalue weighted by Gasteiger charge is -2.13. The van der Waals surface area contributed by atoms with Crippen molar-refractivity contribution in [3.8, 4) is 0 Å². The summed E-state index contributed by atoms with van der Waals surface area (Å²) in [6.45, 7) is 6.46. The second-order valence-electron chi connectivity index (χ2n) is 4.24. The molecule has 2 nitrogen and oxygen atoms in total. The SMILES string of the molecule is CC(C)COC(C)C(=O)c1cccc(Cl)c1. The van der Waals surface area contributed by atoms with E-state index in [4.69, 9.17) is 16.3 Å². The van der Waals surface area contributed by atoms with Crippen molar-refractivity contribution in [3.63, 3.8) is 0 Å². The highest BCUT2D eigenvalue weighted by Gasteiger charge is 2.16. The first-order chi connectivity index (χ1) is 7.50. The second kappa shape index (κ2) is 6.02. The molecular weight excluding hydrogens is 224 g/mol. The maximum Gasteiger partial charge on any atom is 0.191 e. The molecule has 3 heteroatoms. The number of Topliss-reactive ketones (excluding diaryl/α,β-unsaturated/α-hetero) is 1. The Morgan fingerprint density at radius 2 is 2.06 bits per heavy atom. The lowest BCUT2D eigenvalue weighted by molar-refractivity contribution is 0.0385. The summed E-state index contributed by atoms with van der Waals surface area (Å²) in [6, 6.07) is 6.94. The molecule has 0 aliphatic heterocycles. The number of benzene rings is 1. The third-order valence-electron chi connectivity index (χ3n) is 2.16. The van der Waals surface area contributed by atoms with Gasteiger partial charge in [-0.15, -0.1) is 0 Å². The molecule has 1 rings (SSSR count). The van der Waals surface area contributed by atoms with Gasteiger partial charge in [0.2, 0.25) is 0 Å². The number of rotatable bonds is 5.